The van der Waals surface area contributed by atoms with E-state index in [9.17, 15) is 18.0 Å². The summed E-state index contributed by atoms with van der Waals surface area (Å²) in [6.07, 6.45) is 2.12. The lowest BCUT2D eigenvalue weighted by atomic mass is 10.1. The quantitative estimate of drug-likeness (QED) is 0.264. The lowest BCUT2D eigenvalue weighted by molar-refractivity contribution is -0.140. The van der Waals surface area contributed by atoms with Gasteiger partial charge in [0, 0.05) is 13.1 Å². The maximum Gasteiger partial charge on any atom is 0.264 e. The number of sulfonamides is 1. The Balaban J connectivity index is 2.03. The standard InChI is InChI=1S/C32H41N3O5S/c1-6-8-20-33-32(37)30(7-2)34(22-26-14-16-28(40-5)17-15-26)31(36)23-35(27-11-9-10-25(4)21-27)41(38,39)29-18-12-24(3)13-19-29/h9-19,21,30H,6-8,20,22-23H2,1-5H3,(H,33,37)/t30-/m0/s1. The van der Waals surface area contributed by atoms with Crippen LogP contribution in [0.15, 0.2) is 77.7 Å². The average molecular weight is 580 g/mol. The van der Waals surface area contributed by atoms with Crippen LogP contribution in [0.25, 0.3) is 0 Å². The van der Waals surface area contributed by atoms with Gasteiger partial charge in [0.2, 0.25) is 11.8 Å². The van der Waals surface area contributed by atoms with E-state index in [0.29, 0.717) is 24.4 Å². The predicted octanol–water partition coefficient (Wildman–Crippen LogP) is 5.23. The fourth-order valence-electron chi connectivity index (χ4n) is 4.50. The predicted molar refractivity (Wildman–Crippen MR) is 162 cm³/mol. The smallest absolute Gasteiger partial charge is 0.264 e. The minimum atomic E-state index is -4.10. The molecule has 0 heterocycles. The molecular formula is C32H41N3O5S. The number of unbranched alkanes of at least 4 members (excludes halogenated alkanes) is 1. The van der Waals surface area contributed by atoms with Gasteiger partial charge in [0.05, 0.1) is 17.7 Å². The number of carbonyl (C=O) groups excluding carboxylic acids is 2. The number of aryl methyl sites for hydroxylation is 2. The van der Waals surface area contributed by atoms with Crippen LogP contribution < -0.4 is 14.4 Å². The van der Waals surface area contributed by atoms with Crippen molar-refractivity contribution < 1.29 is 22.7 Å². The maximum absolute atomic E-state index is 14.1. The number of hydrogen-bond acceptors (Lipinski definition) is 5. The summed E-state index contributed by atoms with van der Waals surface area (Å²) < 4.78 is 34.3. The van der Waals surface area contributed by atoms with E-state index < -0.39 is 28.5 Å². The van der Waals surface area contributed by atoms with Crippen molar-refractivity contribution in [1.82, 2.24) is 10.2 Å². The topological polar surface area (TPSA) is 96.0 Å². The average Bonchev–Trinajstić information content (AvgIpc) is 2.96. The second-order valence-corrected chi connectivity index (χ2v) is 12.0. The van der Waals surface area contributed by atoms with Crippen molar-refractivity contribution in [2.45, 2.75) is 64.4 Å². The van der Waals surface area contributed by atoms with Crippen LogP contribution in [0.5, 0.6) is 5.75 Å². The summed E-state index contributed by atoms with van der Waals surface area (Å²) >= 11 is 0. The van der Waals surface area contributed by atoms with Crippen LogP contribution in [-0.2, 0) is 26.2 Å². The van der Waals surface area contributed by atoms with E-state index in [1.807, 2.05) is 45.9 Å². The lowest BCUT2D eigenvalue weighted by Crippen LogP contribution is -2.52. The highest BCUT2D eigenvalue weighted by molar-refractivity contribution is 7.92. The summed E-state index contributed by atoms with van der Waals surface area (Å²) in [7, 11) is -2.52. The third-order valence-electron chi connectivity index (χ3n) is 6.90. The van der Waals surface area contributed by atoms with Crippen LogP contribution in [0.3, 0.4) is 0 Å². The molecular weight excluding hydrogens is 538 g/mol. The molecule has 3 aromatic rings. The van der Waals surface area contributed by atoms with Crippen molar-refractivity contribution in [2.24, 2.45) is 0 Å². The molecule has 0 aromatic heterocycles. The molecule has 1 N–H and O–H groups in total. The molecule has 0 fully saturated rings. The Morgan fingerprint density at radius 2 is 1.61 bits per heavy atom. The van der Waals surface area contributed by atoms with Gasteiger partial charge in [-0.2, -0.15) is 0 Å². The van der Waals surface area contributed by atoms with Crippen LogP contribution in [0.2, 0.25) is 0 Å². The normalized spacial score (nSPS) is 11.9. The molecule has 220 valence electrons. The monoisotopic (exact) mass is 579 g/mol. The van der Waals surface area contributed by atoms with Gasteiger partial charge in [-0.05, 0) is 74.2 Å². The molecule has 3 aromatic carbocycles. The van der Waals surface area contributed by atoms with Crippen molar-refractivity contribution in [3.05, 3.63) is 89.5 Å². The number of ether oxygens (including phenoxy) is 1. The number of hydrogen-bond donors (Lipinski definition) is 1. The maximum atomic E-state index is 14.1. The number of benzene rings is 3. The summed E-state index contributed by atoms with van der Waals surface area (Å²) in [5, 5.41) is 2.94. The molecule has 0 radical (unpaired) electrons. The molecule has 0 aliphatic heterocycles. The van der Waals surface area contributed by atoms with Crippen molar-refractivity contribution in [3.63, 3.8) is 0 Å². The summed E-state index contributed by atoms with van der Waals surface area (Å²) in [4.78, 5) is 29.0. The first-order valence-corrected chi connectivity index (χ1v) is 15.4. The molecule has 1 atom stereocenters. The number of anilines is 1. The molecule has 0 spiro atoms. The van der Waals surface area contributed by atoms with E-state index in [1.54, 1.807) is 61.7 Å². The van der Waals surface area contributed by atoms with Gasteiger partial charge in [-0.3, -0.25) is 13.9 Å². The van der Waals surface area contributed by atoms with E-state index in [-0.39, 0.29) is 17.3 Å². The Morgan fingerprint density at radius 3 is 2.20 bits per heavy atom. The largest absolute Gasteiger partial charge is 0.497 e. The zero-order valence-electron chi connectivity index (χ0n) is 24.6. The second kappa shape index (κ2) is 14.7. The van der Waals surface area contributed by atoms with Crippen LogP contribution in [0, 0.1) is 13.8 Å². The molecule has 0 bridgehead atoms. The van der Waals surface area contributed by atoms with Crippen LogP contribution in [-0.4, -0.2) is 51.4 Å². The number of carbonyl (C=O) groups is 2. The first-order chi connectivity index (χ1) is 19.6. The number of amides is 2. The molecule has 8 nitrogen and oxygen atoms in total. The Morgan fingerprint density at radius 1 is 0.927 bits per heavy atom. The van der Waals surface area contributed by atoms with Gasteiger partial charge in [0.1, 0.15) is 18.3 Å². The molecule has 2 amide bonds. The highest BCUT2D eigenvalue weighted by Crippen LogP contribution is 2.26. The third-order valence-corrected chi connectivity index (χ3v) is 8.69. The number of nitrogens with zero attached hydrogens (tertiary/aromatic N) is 2. The van der Waals surface area contributed by atoms with E-state index in [0.717, 1.165) is 33.8 Å². The minimum absolute atomic E-state index is 0.0865. The Bertz CT molecular complexity index is 1410. The Labute approximate surface area is 244 Å². The van der Waals surface area contributed by atoms with E-state index in [4.69, 9.17) is 4.74 Å². The molecule has 0 aliphatic rings. The van der Waals surface area contributed by atoms with E-state index >= 15 is 0 Å². The summed E-state index contributed by atoms with van der Waals surface area (Å²) in [6, 6.07) is 20.1. The number of rotatable bonds is 14. The Hall–Kier alpha value is -3.85. The van der Waals surface area contributed by atoms with Gasteiger partial charge >= 0.3 is 0 Å². The Kier molecular flexibility index (Phi) is 11.3. The molecule has 0 aliphatic carbocycles. The van der Waals surface area contributed by atoms with Crippen LogP contribution in [0.4, 0.5) is 5.69 Å². The first kappa shape index (κ1) is 31.7. The third kappa shape index (κ3) is 8.33. The van der Waals surface area contributed by atoms with Gasteiger partial charge in [0.15, 0.2) is 0 Å². The van der Waals surface area contributed by atoms with Crippen LogP contribution in [0.1, 0.15) is 49.8 Å². The van der Waals surface area contributed by atoms with Crippen molar-refractivity contribution >= 4 is 27.5 Å². The zero-order valence-corrected chi connectivity index (χ0v) is 25.4. The summed E-state index contributed by atoms with van der Waals surface area (Å²) in [6.45, 7) is 7.81. The molecule has 0 saturated heterocycles. The van der Waals surface area contributed by atoms with Gasteiger partial charge in [0.25, 0.3) is 10.0 Å². The highest BCUT2D eigenvalue weighted by atomic mass is 32.2. The van der Waals surface area contributed by atoms with Gasteiger partial charge in [-0.1, -0.05) is 62.2 Å². The molecule has 9 heteroatoms. The highest BCUT2D eigenvalue weighted by Gasteiger charge is 2.33. The molecule has 0 saturated carbocycles. The zero-order chi connectivity index (χ0) is 30.0. The van der Waals surface area contributed by atoms with Gasteiger partial charge < -0.3 is 15.0 Å². The minimum Gasteiger partial charge on any atom is -0.497 e. The first-order valence-electron chi connectivity index (χ1n) is 14.0. The van der Waals surface area contributed by atoms with Crippen molar-refractivity contribution in [2.75, 3.05) is 24.5 Å². The van der Waals surface area contributed by atoms with Crippen LogP contribution >= 0.6 is 0 Å². The molecule has 41 heavy (non-hydrogen) atoms. The summed E-state index contributed by atoms with van der Waals surface area (Å²) in [5.41, 5.74) is 2.95. The van der Waals surface area contributed by atoms with Gasteiger partial charge in [-0.25, -0.2) is 8.42 Å². The second-order valence-electron chi connectivity index (χ2n) is 10.1. The molecule has 0 unspecified atom stereocenters. The fourth-order valence-corrected chi connectivity index (χ4v) is 5.91. The lowest BCUT2D eigenvalue weighted by Gasteiger charge is -2.33. The van der Waals surface area contributed by atoms with Gasteiger partial charge in [-0.15, -0.1) is 0 Å². The van der Waals surface area contributed by atoms with E-state index in [2.05, 4.69) is 5.32 Å². The fraction of sp³-hybridized carbons (Fsp3) is 0.375. The van der Waals surface area contributed by atoms with Crippen molar-refractivity contribution in [3.8, 4) is 5.75 Å². The summed E-state index contributed by atoms with van der Waals surface area (Å²) in [5.74, 6) is -0.0624. The van der Waals surface area contributed by atoms with E-state index in [1.165, 1.54) is 4.90 Å². The van der Waals surface area contributed by atoms with Crippen molar-refractivity contribution in [1.29, 1.82) is 0 Å². The number of methoxy groups -OCH3 is 1. The number of nitrogens with one attached hydrogen (secondary N) is 1. The molecule has 3 rings (SSSR count). The SMILES string of the molecule is CCCCNC(=O)[C@H](CC)N(Cc1ccc(OC)cc1)C(=O)CN(c1cccc(C)c1)S(=O)(=O)c1ccc(C)cc1.